The van der Waals surface area contributed by atoms with Crippen molar-refractivity contribution in [3.8, 4) is 0 Å². The zero-order valence-corrected chi connectivity index (χ0v) is 14.9. The average Bonchev–Trinajstić information content (AvgIpc) is 2.67. The van der Waals surface area contributed by atoms with Crippen LogP contribution in [0, 0.1) is 0 Å². The molecule has 0 aliphatic heterocycles. The quantitative estimate of drug-likeness (QED) is 0.691. The van der Waals surface area contributed by atoms with Gasteiger partial charge in [0.2, 0.25) is 0 Å². The highest BCUT2D eigenvalue weighted by atomic mass is 16.5. The van der Waals surface area contributed by atoms with Gasteiger partial charge in [-0.1, -0.05) is 37.3 Å². The van der Waals surface area contributed by atoms with Gasteiger partial charge in [-0.05, 0) is 30.3 Å². The van der Waals surface area contributed by atoms with E-state index in [1.165, 1.54) is 12.7 Å². The van der Waals surface area contributed by atoms with Crippen LogP contribution in [0.4, 0.5) is 0 Å². The Hall–Kier alpha value is -2.99. The minimum atomic E-state index is -0.449. The number of methoxy groups -OCH3 is 1. The van der Waals surface area contributed by atoms with Gasteiger partial charge in [0, 0.05) is 6.54 Å². The van der Waals surface area contributed by atoms with Crippen molar-refractivity contribution < 1.29 is 9.53 Å². The maximum atomic E-state index is 12.3. The molecule has 0 atom stereocenters. The molecule has 0 radical (unpaired) electrons. The number of fused-ring (bicyclic) bond motifs is 1. The first-order valence-corrected chi connectivity index (χ1v) is 8.48. The second-order valence-electron chi connectivity index (χ2n) is 6.03. The number of rotatable bonds is 6. The average molecular weight is 351 g/mol. The van der Waals surface area contributed by atoms with E-state index in [2.05, 4.69) is 33.9 Å². The first-order valence-electron chi connectivity index (χ1n) is 8.48. The molecule has 1 aromatic heterocycles. The fourth-order valence-electron chi connectivity index (χ4n) is 2.84. The van der Waals surface area contributed by atoms with Gasteiger partial charge in [-0.2, -0.15) is 0 Å². The molecule has 0 saturated carbocycles. The summed E-state index contributed by atoms with van der Waals surface area (Å²) in [4.78, 5) is 33.6. The molecule has 0 amide bonds. The molecule has 0 spiro atoms. The predicted octanol–water partition coefficient (Wildman–Crippen LogP) is 2.73. The summed E-state index contributed by atoms with van der Waals surface area (Å²) in [6.07, 6.45) is 0. The largest absolute Gasteiger partial charge is 0.465 e. The van der Waals surface area contributed by atoms with Crippen LogP contribution >= 0.6 is 0 Å². The van der Waals surface area contributed by atoms with Crippen LogP contribution in [0.25, 0.3) is 10.9 Å². The summed E-state index contributed by atoms with van der Waals surface area (Å²) in [5.74, 6) is 0.122. The van der Waals surface area contributed by atoms with E-state index >= 15 is 0 Å². The number of aromatic amines is 1. The molecule has 6 nitrogen and oxygen atoms in total. The monoisotopic (exact) mass is 351 g/mol. The van der Waals surface area contributed by atoms with Crippen LogP contribution in [0.5, 0.6) is 0 Å². The molecule has 0 unspecified atom stereocenters. The van der Waals surface area contributed by atoms with Gasteiger partial charge >= 0.3 is 5.97 Å². The van der Waals surface area contributed by atoms with Gasteiger partial charge in [0.05, 0.1) is 30.1 Å². The number of nitrogens with zero attached hydrogens (tertiary/aromatic N) is 2. The number of aromatic nitrogens is 2. The van der Waals surface area contributed by atoms with Gasteiger partial charge in [-0.15, -0.1) is 0 Å². The third-order valence-electron chi connectivity index (χ3n) is 4.25. The Morgan fingerprint density at radius 2 is 1.92 bits per heavy atom. The van der Waals surface area contributed by atoms with Crippen molar-refractivity contribution in [2.75, 3.05) is 13.7 Å². The van der Waals surface area contributed by atoms with Crippen molar-refractivity contribution in [2.45, 2.75) is 20.0 Å². The molecule has 3 aromatic rings. The smallest absolute Gasteiger partial charge is 0.337 e. The highest BCUT2D eigenvalue weighted by Crippen LogP contribution is 2.13. The molecule has 6 heteroatoms. The van der Waals surface area contributed by atoms with Crippen LogP contribution in [-0.4, -0.2) is 34.5 Å². The zero-order chi connectivity index (χ0) is 18.5. The lowest BCUT2D eigenvalue weighted by Crippen LogP contribution is -2.25. The Balaban J connectivity index is 1.89. The Kier molecular flexibility index (Phi) is 5.43. The Morgan fingerprint density at radius 1 is 1.15 bits per heavy atom. The summed E-state index contributed by atoms with van der Waals surface area (Å²) in [7, 11) is 1.33. The fourth-order valence-corrected chi connectivity index (χ4v) is 2.84. The lowest BCUT2D eigenvalue weighted by Gasteiger charge is -2.20. The summed E-state index contributed by atoms with van der Waals surface area (Å²) >= 11 is 0. The molecule has 1 heterocycles. The summed E-state index contributed by atoms with van der Waals surface area (Å²) in [6.45, 7) is 4.16. The molecule has 1 N–H and O–H groups in total. The minimum absolute atomic E-state index is 0.211. The molecule has 0 bridgehead atoms. The van der Waals surface area contributed by atoms with Crippen molar-refractivity contribution in [3.63, 3.8) is 0 Å². The summed E-state index contributed by atoms with van der Waals surface area (Å²) in [5, 5.41) is 0.451. The topological polar surface area (TPSA) is 75.3 Å². The number of ether oxygens (including phenoxy) is 1. The molecular formula is C20H21N3O3. The van der Waals surface area contributed by atoms with Gasteiger partial charge in [0.1, 0.15) is 5.82 Å². The number of esters is 1. The fraction of sp³-hybridized carbons (Fsp3) is 0.250. The van der Waals surface area contributed by atoms with Gasteiger partial charge < -0.3 is 9.72 Å². The number of carbonyl (C=O) groups excluding carboxylic acids is 1. The van der Waals surface area contributed by atoms with Gasteiger partial charge in [-0.25, -0.2) is 9.78 Å². The zero-order valence-electron chi connectivity index (χ0n) is 14.9. The highest BCUT2D eigenvalue weighted by molar-refractivity contribution is 5.93. The van der Waals surface area contributed by atoms with Crippen LogP contribution in [0.3, 0.4) is 0 Å². The van der Waals surface area contributed by atoms with E-state index in [9.17, 15) is 9.59 Å². The normalized spacial score (nSPS) is 11.0. The van der Waals surface area contributed by atoms with Crippen molar-refractivity contribution >= 4 is 16.9 Å². The molecule has 3 rings (SSSR count). The summed E-state index contributed by atoms with van der Waals surface area (Å²) < 4.78 is 4.73. The second-order valence-corrected chi connectivity index (χ2v) is 6.03. The van der Waals surface area contributed by atoms with E-state index < -0.39 is 5.97 Å². The minimum Gasteiger partial charge on any atom is -0.465 e. The summed E-state index contributed by atoms with van der Waals surface area (Å²) in [6, 6.07) is 14.9. The summed E-state index contributed by atoms with van der Waals surface area (Å²) in [5.41, 5.74) is 1.85. The van der Waals surface area contributed by atoms with Crippen molar-refractivity contribution in [3.05, 3.63) is 75.8 Å². The number of hydrogen-bond donors (Lipinski definition) is 1. The van der Waals surface area contributed by atoms with E-state index in [4.69, 9.17) is 4.74 Å². The third kappa shape index (κ3) is 3.97. The third-order valence-corrected chi connectivity index (χ3v) is 4.25. The Labute approximate surface area is 151 Å². The van der Waals surface area contributed by atoms with E-state index in [-0.39, 0.29) is 5.56 Å². The maximum Gasteiger partial charge on any atom is 0.337 e. The van der Waals surface area contributed by atoms with Crippen molar-refractivity contribution in [1.82, 2.24) is 14.9 Å². The number of nitrogens with one attached hydrogen (secondary N) is 1. The highest BCUT2D eigenvalue weighted by Gasteiger charge is 2.12. The number of H-pyrrole nitrogens is 1. The molecule has 0 aliphatic carbocycles. The van der Waals surface area contributed by atoms with Crippen LogP contribution in [-0.2, 0) is 17.8 Å². The van der Waals surface area contributed by atoms with Gasteiger partial charge in [-0.3, -0.25) is 9.69 Å². The predicted molar refractivity (Wildman–Crippen MR) is 99.9 cm³/mol. The van der Waals surface area contributed by atoms with Crippen molar-refractivity contribution in [2.24, 2.45) is 0 Å². The van der Waals surface area contributed by atoms with Crippen molar-refractivity contribution in [1.29, 1.82) is 0 Å². The van der Waals surface area contributed by atoms with Crippen LogP contribution in [0.2, 0.25) is 0 Å². The number of carbonyl (C=O) groups is 1. The van der Waals surface area contributed by atoms with E-state index in [0.29, 0.717) is 28.8 Å². The van der Waals surface area contributed by atoms with E-state index in [1.807, 2.05) is 18.2 Å². The van der Waals surface area contributed by atoms with Gasteiger partial charge in [0.25, 0.3) is 5.56 Å². The van der Waals surface area contributed by atoms with E-state index in [0.717, 1.165) is 13.1 Å². The lowest BCUT2D eigenvalue weighted by molar-refractivity contribution is 0.0601. The molecule has 134 valence electrons. The molecular weight excluding hydrogens is 330 g/mol. The molecule has 0 fully saturated rings. The number of hydrogen-bond acceptors (Lipinski definition) is 5. The second kappa shape index (κ2) is 7.93. The maximum absolute atomic E-state index is 12.3. The first kappa shape index (κ1) is 17.8. The Bertz CT molecular complexity index is 967. The first-order chi connectivity index (χ1) is 12.6. The van der Waals surface area contributed by atoms with Crippen LogP contribution < -0.4 is 5.56 Å². The molecule has 0 saturated heterocycles. The molecule has 2 aromatic carbocycles. The molecule has 26 heavy (non-hydrogen) atoms. The lowest BCUT2D eigenvalue weighted by atomic mass is 10.1. The van der Waals surface area contributed by atoms with Crippen LogP contribution in [0.15, 0.2) is 53.3 Å². The molecule has 0 aliphatic rings. The number of benzene rings is 2. The Morgan fingerprint density at radius 3 is 2.62 bits per heavy atom. The van der Waals surface area contributed by atoms with Gasteiger partial charge in [0.15, 0.2) is 0 Å². The van der Waals surface area contributed by atoms with E-state index in [1.54, 1.807) is 18.2 Å². The van der Waals surface area contributed by atoms with Crippen LogP contribution in [0.1, 0.15) is 28.7 Å². The standard InChI is InChI=1S/C20H21N3O3/c1-3-23(12-14-7-5-4-6-8-14)13-18-21-17-11-15(20(25)26-2)9-10-16(17)19(24)22-18/h4-11H,3,12-13H2,1-2H3,(H,21,22,24). The SMILES string of the molecule is CCN(Cc1ccccc1)Cc1nc2cc(C(=O)OC)ccc2c(=O)[nH]1.